The van der Waals surface area contributed by atoms with E-state index in [0.717, 1.165) is 56.0 Å². The molecule has 1 fully saturated rings. The second kappa shape index (κ2) is 22.8. The normalized spacial score (nSPS) is 15.1. The van der Waals surface area contributed by atoms with Crippen molar-refractivity contribution in [1.29, 1.82) is 0 Å². The first-order valence-electron chi connectivity index (χ1n) is 20.0. The second-order valence-corrected chi connectivity index (χ2v) is 14.8. The molecule has 0 aromatic heterocycles. The fourth-order valence-corrected chi connectivity index (χ4v) is 7.21. The van der Waals surface area contributed by atoms with Crippen LogP contribution in [0.4, 0.5) is 16.2 Å². The van der Waals surface area contributed by atoms with Crippen molar-refractivity contribution in [2.45, 2.75) is 142 Å². The monoisotopic (exact) mass is 722 g/mol. The lowest BCUT2D eigenvalue weighted by atomic mass is 10.0. The van der Waals surface area contributed by atoms with E-state index in [-0.39, 0.29) is 5.97 Å². The van der Waals surface area contributed by atoms with E-state index in [2.05, 4.69) is 23.8 Å². The number of esters is 1. The number of hydrogen-bond donors (Lipinski definition) is 0. The summed E-state index contributed by atoms with van der Waals surface area (Å²) in [5, 5.41) is 2.06. The third-order valence-electron chi connectivity index (χ3n) is 10.1. The number of hydrogen-bond acceptors (Lipinski definition) is 7. The number of anilines is 1. The third-order valence-corrected chi connectivity index (χ3v) is 10.3. The zero-order valence-corrected chi connectivity index (χ0v) is 32.4. The summed E-state index contributed by atoms with van der Waals surface area (Å²) in [6.07, 6.45) is 22.0. The summed E-state index contributed by atoms with van der Waals surface area (Å²) in [7, 11) is 2.09. The lowest BCUT2D eigenvalue weighted by Gasteiger charge is -2.39. The van der Waals surface area contributed by atoms with Gasteiger partial charge < -0.3 is 19.3 Å². The Labute approximate surface area is 312 Å². The number of amides is 1. The van der Waals surface area contributed by atoms with Gasteiger partial charge in [0.15, 0.2) is 0 Å². The largest absolute Gasteiger partial charge is 0.425 e. The third kappa shape index (κ3) is 13.8. The van der Waals surface area contributed by atoms with E-state index in [1.807, 2.05) is 30.3 Å². The van der Waals surface area contributed by atoms with Gasteiger partial charge in [-0.05, 0) is 43.8 Å². The van der Waals surface area contributed by atoms with Crippen molar-refractivity contribution in [1.82, 2.24) is 9.80 Å². The Hall–Kier alpha value is -3.10. The van der Waals surface area contributed by atoms with Gasteiger partial charge in [0.2, 0.25) is 6.29 Å². The molecule has 1 unspecified atom stereocenters. The molecule has 4 rings (SSSR count). The summed E-state index contributed by atoms with van der Waals surface area (Å²) in [5.41, 5.74) is 1.13. The van der Waals surface area contributed by atoms with Crippen molar-refractivity contribution in [2.24, 2.45) is 4.99 Å². The van der Waals surface area contributed by atoms with Crippen molar-refractivity contribution in [3.63, 3.8) is 0 Å². The number of halogens is 1. The first kappa shape index (κ1) is 40.7. The maximum atomic E-state index is 14.0. The number of rotatable bonds is 22. The molecule has 9 heteroatoms. The molecule has 0 N–H and O–H groups in total. The van der Waals surface area contributed by atoms with E-state index in [1.165, 1.54) is 96.3 Å². The molecule has 2 heterocycles. The number of piperazine rings is 1. The van der Waals surface area contributed by atoms with Gasteiger partial charge in [-0.1, -0.05) is 140 Å². The average molecular weight is 723 g/mol. The van der Waals surface area contributed by atoms with Crippen LogP contribution >= 0.6 is 11.6 Å². The SMILES string of the molecule is CCCCCCCCCCCCCCCCCCCCC(=O)OC(C)OC(=O)N1C(N2CCN(C)CC2)=c2ccccc2=Nc2ccc(Cl)cc21. The van der Waals surface area contributed by atoms with Crippen molar-refractivity contribution in [3.8, 4) is 0 Å². The summed E-state index contributed by atoms with van der Waals surface area (Å²) in [5.74, 6) is 0.334. The summed E-state index contributed by atoms with van der Waals surface area (Å²) in [4.78, 5) is 37.7. The number of benzene rings is 2. The highest BCUT2D eigenvalue weighted by molar-refractivity contribution is 6.31. The van der Waals surface area contributed by atoms with E-state index < -0.39 is 12.4 Å². The number of carbonyl (C=O) groups is 2. The van der Waals surface area contributed by atoms with E-state index >= 15 is 0 Å². The Morgan fingerprint density at radius 1 is 0.745 bits per heavy atom. The topological polar surface area (TPSA) is 74.7 Å². The van der Waals surface area contributed by atoms with Gasteiger partial charge in [0.05, 0.1) is 16.7 Å². The quantitative estimate of drug-likeness (QED) is 0.0685. The molecule has 0 radical (unpaired) electrons. The van der Waals surface area contributed by atoms with E-state index in [9.17, 15) is 9.59 Å². The van der Waals surface area contributed by atoms with E-state index in [4.69, 9.17) is 26.1 Å². The molecule has 282 valence electrons. The number of unbranched alkanes of at least 4 members (excludes halogenated alkanes) is 17. The maximum Gasteiger partial charge on any atom is 0.423 e. The van der Waals surface area contributed by atoms with Gasteiger partial charge in [0, 0.05) is 49.8 Å². The first-order valence-corrected chi connectivity index (χ1v) is 20.4. The maximum absolute atomic E-state index is 14.0. The smallest absolute Gasteiger partial charge is 0.423 e. The van der Waals surface area contributed by atoms with E-state index in [1.54, 1.807) is 24.0 Å². The predicted molar refractivity (Wildman–Crippen MR) is 209 cm³/mol. The van der Waals surface area contributed by atoms with Gasteiger partial charge >= 0.3 is 12.1 Å². The lowest BCUT2D eigenvalue weighted by molar-refractivity contribution is -0.164. The van der Waals surface area contributed by atoms with Crippen molar-refractivity contribution in [3.05, 3.63) is 58.1 Å². The zero-order chi connectivity index (χ0) is 36.3. The minimum atomic E-state index is -1.05. The molecule has 1 atom stereocenters. The highest BCUT2D eigenvalue weighted by atomic mass is 35.5. The molecule has 0 bridgehead atoms. The highest BCUT2D eigenvalue weighted by Gasteiger charge is 2.33. The molecule has 2 aliphatic heterocycles. The number of nitrogens with zero attached hydrogens (tertiary/aromatic N) is 4. The molecule has 1 saturated heterocycles. The second-order valence-electron chi connectivity index (χ2n) is 14.4. The van der Waals surface area contributed by atoms with Crippen LogP contribution in [0.1, 0.15) is 136 Å². The van der Waals surface area contributed by atoms with Crippen LogP contribution in [0, 0.1) is 0 Å². The number of ether oxygens (including phenoxy) is 2. The average Bonchev–Trinajstić information content (AvgIpc) is 3.25. The molecule has 1 amide bonds. The molecular weight excluding hydrogens is 660 g/mol. The summed E-state index contributed by atoms with van der Waals surface area (Å²) in [6.45, 7) is 7.02. The van der Waals surface area contributed by atoms with Gasteiger partial charge in [0.1, 0.15) is 5.82 Å². The summed E-state index contributed by atoms with van der Waals surface area (Å²) in [6, 6.07) is 13.1. The Kier molecular flexibility index (Phi) is 18.1. The molecule has 2 aliphatic rings. The number of fused-ring (bicyclic) bond motifs is 2. The van der Waals surface area contributed by atoms with Gasteiger partial charge in [-0.15, -0.1) is 0 Å². The molecule has 8 nitrogen and oxygen atoms in total. The molecule has 51 heavy (non-hydrogen) atoms. The Morgan fingerprint density at radius 3 is 1.88 bits per heavy atom. The summed E-state index contributed by atoms with van der Waals surface area (Å²) < 4.78 is 11.4. The van der Waals surface area contributed by atoms with Crippen LogP contribution in [0.15, 0.2) is 47.5 Å². The number of carbonyl (C=O) groups excluding carboxylic acids is 2. The number of para-hydroxylation sites is 1. The molecular formula is C42H63ClN4O4. The standard InChI is InChI=1S/C42H63ClN4O4/c1-4-5-6-7-8-9-10-11-12-13-14-15-16-17-18-19-20-21-26-40(48)50-34(2)51-42(49)47-39-33-35(43)27-28-38(39)44-37-25-23-22-24-36(37)41(47)46-31-29-45(3)30-32-46/h22-25,27-28,33-34H,4-21,26,29-32H2,1-3H3. The molecule has 0 saturated carbocycles. The van der Waals surface area contributed by atoms with Crippen LogP contribution in [-0.2, 0) is 14.3 Å². The fourth-order valence-electron chi connectivity index (χ4n) is 7.04. The molecule has 0 aliphatic carbocycles. The van der Waals surface area contributed by atoms with E-state index in [0.29, 0.717) is 28.6 Å². The van der Waals surface area contributed by atoms with Gasteiger partial charge in [-0.3, -0.25) is 4.79 Å². The Bertz CT molecular complexity index is 1480. The zero-order valence-electron chi connectivity index (χ0n) is 31.7. The minimum Gasteiger partial charge on any atom is -0.425 e. The van der Waals surface area contributed by atoms with Crippen molar-refractivity contribution < 1.29 is 19.1 Å². The van der Waals surface area contributed by atoms with Crippen LogP contribution in [0.2, 0.25) is 5.02 Å². The van der Waals surface area contributed by atoms with Crippen LogP contribution in [0.5, 0.6) is 0 Å². The van der Waals surface area contributed by atoms with Gasteiger partial charge in [-0.25, -0.2) is 14.7 Å². The molecule has 2 aromatic carbocycles. The van der Waals surface area contributed by atoms with Crippen LogP contribution in [0.3, 0.4) is 0 Å². The lowest BCUT2D eigenvalue weighted by Crippen LogP contribution is -2.51. The number of likely N-dealkylation sites (N-methyl/N-ethyl adjacent to an activating group) is 1. The van der Waals surface area contributed by atoms with Crippen LogP contribution < -0.4 is 15.5 Å². The summed E-state index contributed by atoms with van der Waals surface area (Å²) >= 11 is 6.46. The van der Waals surface area contributed by atoms with Gasteiger partial charge in [-0.2, -0.15) is 0 Å². The Balaban J connectivity index is 1.17. The highest BCUT2D eigenvalue weighted by Crippen LogP contribution is 2.36. The van der Waals surface area contributed by atoms with Crippen LogP contribution in [-0.4, -0.2) is 61.4 Å². The predicted octanol–water partition coefficient (Wildman–Crippen LogP) is 9.88. The molecule has 0 spiro atoms. The van der Waals surface area contributed by atoms with Gasteiger partial charge in [0.25, 0.3) is 0 Å². The first-order chi connectivity index (χ1) is 24.9. The Morgan fingerprint density at radius 2 is 1.29 bits per heavy atom. The van der Waals surface area contributed by atoms with Crippen molar-refractivity contribution in [2.75, 3.05) is 38.1 Å². The minimum absolute atomic E-state index is 0.313. The van der Waals surface area contributed by atoms with Crippen molar-refractivity contribution >= 4 is 40.9 Å². The van der Waals surface area contributed by atoms with Crippen LogP contribution in [0.25, 0.3) is 5.82 Å². The molecule has 2 aromatic rings. The fraction of sp³-hybridized carbons (Fsp3) is 0.643.